The van der Waals surface area contributed by atoms with Gasteiger partial charge in [-0.2, -0.15) is 0 Å². The molecule has 0 aromatic heterocycles. The van der Waals surface area contributed by atoms with Crippen LogP contribution in [0.5, 0.6) is 0 Å². The van der Waals surface area contributed by atoms with E-state index in [2.05, 4.69) is 25.7 Å². The van der Waals surface area contributed by atoms with Crippen molar-refractivity contribution >= 4 is 313 Å². The zero-order valence-electron chi connectivity index (χ0n) is 39.3. The molecule has 3 saturated heterocycles. The molecule has 7 aliphatic rings. The zero-order chi connectivity index (χ0) is 46.3. The molecule has 29 aromatic rings. The number of piperazine rings is 3. The van der Waals surface area contributed by atoms with Crippen LogP contribution in [0.1, 0.15) is 32.6 Å². The molecule has 4 nitrogen and oxygen atoms in total. The van der Waals surface area contributed by atoms with Crippen molar-refractivity contribution < 1.29 is 9.53 Å². The summed E-state index contributed by atoms with van der Waals surface area (Å²) >= 11 is 3.62. The Morgan fingerprint density at radius 1 is 0.351 bits per heavy atom. The average molecular weight is 1020 g/mol. The van der Waals surface area contributed by atoms with E-state index >= 15 is 0 Å². The third kappa shape index (κ3) is 1.74. The summed E-state index contributed by atoms with van der Waals surface area (Å²) < 4.78 is 7.68. The van der Waals surface area contributed by atoms with Crippen molar-refractivity contribution in [1.29, 1.82) is 0 Å². The Morgan fingerprint density at radius 3 is 0.844 bits per heavy atom. The number of carbonyl (C=O) groups is 1. The predicted octanol–water partition coefficient (Wildman–Crippen LogP) is 17.8. The molecule has 3 aliphatic heterocycles. The first kappa shape index (κ1) is 30.3. The first-order valence-corrected chi connectivity index (χ1v) is 29.2. The third-order valence-electron chi connectivity index (χ3n) is 27.1. The number of halogens is 1. The quantitative estimate of drug-likeness (QED) is 0.130. The van der Waals surface area contributed by atoms with Crippen molar-refractivity contribution in [3.63, 3.8) is 0 Å². The minimum Gasteiger partial charge on any atom is -0.460 e. The number of fused-ring (bicyclic) bond motifs is 2. The molecule has 4 aliphatic carbocycles. The van der Waals surface area contributed by atoms with Crippen molar-refractivity contribution in [2.75, 3.05) is 26.2 Å². The van der Waals surface area contributed by atoms with Crippen LogP contribution in [0.4, 0.5) is 0 Å². The van der Waals surface area contributed by atoms with Crippen LogP contribution >= 0.6 is 15.9 Å². The Morgan fingerprint density at radius 2 is 0.584 bits per heavy atom. The zero-order valence-corrected chi connectivity index (χ0v) is 40.9. The largest absolute Gasteiger partial charge is 0.460 e. The lowest BCUT2D eigenvalue weighted by molar-refractivity contribution is -0.167. The Hall–Kier alpha value is -8.45. The molecule has 3 fully saturated rings. The van der Waals surface area contributed by atoms with Crippen LogP contribution in [0, 0.1) is 0 Å². The lowest BCUT2D eigenvalue weighted by atomic mass is 9.53. The maximum Gasteiger partial charge on any atom is 0.338 e. The molecule has 0 radical (unpaired) electrons. The first-order valence-electron chi connectivity index (χ1n) is 28.4. The third-order valence-corrected chi connectivity index (χ3v) is 27.6. The van der Waals surface area contributed by atoms with E-state index < -0.39 is 11.1 Å². The summed E-state index contributed by atoms with van der Waals surface area (Å²) in [5.74, 6) is -0.219. The number of hydrogen-bond acceptors (Lipinski definition) is 4. The highest BCUT2D eigenvalue weighted by molar-refractivity contribution is 9.10. The number of esters is 1. The molecule has 36 rings (SSSR count). The number of ether oxygens (including phenoxy) is 1. The topological polar surface area (TPSA) is 32.8 Å². The molecule has 2 unspecified atom stereocenters. The summed E-state index contributed by atoms with van der Waals surface area (Å²) in [6.07, 6.45) is 0. The van der Waals surface area contributed by atoms with Gasteiger partial charge in [0.1, 0.15) is 17.7 Å². The van der Waals surface area contributed by atoms with Gasteiger partial charge >= 0.3 is 5.97 Å². The minimum absolute atomic E-state index is 0.0120. The molecule has 2 bridgehead atoms. The second kappa shape index (κ2) is 7.15. The van der Waals surface area contributed by atoms with Crippen LogP contribution in [0.25, 0.3) is 291 Å². The van der Waals surface area contributed by atoms with Gasteiger partial charge in [-0.15, -0.1) is 0 Å². The smallest absolute Gasteiger partial charge is 0.338 e. The van der Waals surface area contributed by atoms with Crippen molar-refractivity contribution in [3.8, 4) is 0 Å². The van der Waals surface area contributed by atoms with Gasteiger partial charge in [-0.3, -0.25) is 9.80 Å². The van der Waals surface area contributed by atoms with Crippen LogP contribution in [0.2, 0.25) is 0 Å². The van der Waals surface area contributed by atoms with Gasteiger partial charge in [-0.25, -0.2) is 4.79 Å². The average Bonchev–Trinajstić information content (AvgIpc) is 1.99. The fraction of sp³-hybridized carbons (Fsp3) is 0.0972. The van der Waals surface area contributed by atoms with Crippen LogP contribution < -0.4 is 0 Å². The SMILES string of the molecule is O=C(OC[C@@H]1CN2CCN1C13c4c5c6c7c8c9c(c%10c%11c1c1c4c4c%12c5c5c6c6c8c8c%13c9c9c%10c%10c%11c%11c1c1c4c4c%12c%12c5c5c6c8c6c8c%13c9c9c%10c%10c%11c1c1c4c4c%12c5c6c5c8c9c%10c1c45)C723)c1ccc(Br)cc1. The number of benzene rings is 19. The van der Waals surface area contributed by atoms with Gasteiger partial charge in [0, 0.05) is 24.1 Å². The van der Waals surface area contributed by atoms with Crippen LogP contribution in [0.15, 0.2) is 28.7 Å². The fourth-order valence-corrected chi connectivity index (χ4v) is 27.1. The second-order valence-corrected chi connectivity index (χ2v) is 28.5. The van der Waals surface area contributed by atoms with E-state index in [4.69, 9.17) is 4.74 Å². The van der Waals surface area contributed by atoms with E-state index in [1.54, 1.807) is 313 Å². The summed E-state index contributed by atoms with van der Waals surface area (Å²) in [5, 5.41) is 87.8. The molecule has 3 atom stereocenters. The molecular weight excluding hydrogens is 1000 g/mol. The number of carbonyl (C=O) groups excluding carboxylic acids is 1. The summed E-state index contributed by atoms with van der Waals surface area (Å²) in [7, 11) is 0. The Bertz CT molecular complexity index is 7520. The van der Waals surface area contributed by atoms with E-state index in [1.165, 1.54) is 0 Å². The van der Waals surface area contributed by atoms with Crippen molar-refractivity contribution in [2.45, 2.75) is 17.1 Å². The van der Waals surface area contributed by atoms with Gasteiger partial charge in [0.15, 0.2) is 0 Å². The number of hydrogen-bond donors (Lipinski definition) is 0. The monoisotopic (exact) mass is 1020 g/mol. The normalized spacial score (nSPS) is 25.1. The Balaban J connectivity index is 1.00. The summed E-state index contributed by atoms with van der Waals surface area (Å²) in [4.78, 5) is 20.5. The summed E-state index contributed by atoms with van der Waals surface area (Å²) in [6, 6.07) is 7.78. The number of rotatable bonds is 3. The van der Waals surface area contributed by atoms with Gasteiger partial charge < -0.3 is 4.74 Å². The highest BCUT2D eigenvalue weighted by Gasteiger charge is 2.77. The van der Waals surface area contributed by atoms with Crippen molar-refractivity contribution in [2.24, 2.45) is 0 Å². The lowest BCUT2D eigenvalue weighted by Crippen LogP contribution is -2.81. The first-order chi connectivity index (χ1) is 38.2. The van der Waals surface area contributed by atoms with E-state index in [0.29, 0.717) is 12.2 Å². The molecule has 5 heteroatoms. The van der Waals surface area contributed by atoms with Gasteiger partial charge in [-0.05, 0) is 337 Å². The highest BCUT2D eigenvalue weighted by Crippen LogP contribution is 2.86. The summed E-state index contributed by atoms with van der Waals surface area (Å²) in [5.41, 5.74) is 6.31. The number of nitrogens with zero attached hydrogens (tertiary/aromatic N) is 2. The molecule has 0 saturated carbocycles. The van der Waals surface area contributed by atoms with Crippen LogP contribution in [-0.4, -0.2) is 48.1 Å². The van der Waals surface area contributed by atoms with Crippen molar-refractivity contribution in [1.82, 2.24) is 9.80 Å². The molecule has 0 N–H and O–H groups in total. The van der Waals surface area contributed by atoms with Crippen LogP contribution in [-0.2, 0) is 15.8 Å². The molecule has 330 valence electrons. The maximum absolute atomic E-state index is 14.4. The Labute approximate surface area is 429 Å². The Kier molecular flexibility index (Phi) is 2.82. The van der Waals surface area contributed by atoms with Crippen LogP contribution in [0.3, 0.4) is 0 Å². The molecule has 2 spiro atoms. The fourth-order valence-electron chi connectivity index (χ4n) is 26.8. The molecular formula is C72H13BrN2O2. The summed E-state index contributed by atoms with van der Waals surface area (Å²) in [6.45, 7) is 3.18. The predicted molar refractivity (Wildman–Crippen MR) is 320 cm³/mol. The van der Waals surface area contributed by atoms with E-state index in [1.807, 2.05) is 24.3 Å². The van der Waals surface area contributed by atoms with Gasteiger partial charge in [0.05, 0.1) is 11.6 Å². The van der Waals surface area contributed by atoms with E-state index in [0.717, 1.165) is 24.1 Å². The second-order valence-electron chi connectivity index (χ2n) is 27.6. The van der Waals surface area contributed by atoms with Gasteiger partial charge in [0.2, 0.25) is 0 Å². The maximum atomic E-state index is 14.4. The highest BCUT2D eigenvalue weighted by atomic mass is 79.9. The molecule has 29 aromatic carbocycles. The van der Waals surface area contributed by atoms with E-state index in [9.17, 15) is 4.79 Å². The molecule has 77 heavy (non-hydrogen) atoms. The van der Waals surface area contributed by atoms with E-state index in [-0.39, 0.29) is 12.0 Å². The van der Waals surface area contributed by atoms with Gasteiger partial charge in [0.25, 0.3) is 0 Å². The molecule has 0 amide bonds. The van der Waals surface area contributed by atoms with Gasteiger partial charge in [-0.1, -0.05) is 15.9 Å². The lowest BCUT2D eigenvalue weighted by Gasteiger charge is -2.71. The standard InChI is InChI=1S/C72H13BrN2O2/c73-10-3-1-9(2-4-10)70(76)77-8-11-7-74-5-6-75(11)72-68-62-56-46-38-28-20-16-13-12-14-18(20)26-34(28)48(56)54-44-36(26)30-22(14)23-15(12)19-21-17(13)25-24(16)32(38)42-43-33(25)39-29(21)35-27(19)37-31(23)41-40(30)50(44)58-59-51(41)45(37)55-49(35)57-47(39)53(43)65(64(68)52(42)46)69(72)63(57)61(55)67(59)71(72,74)66(58)60(54)62/h1-4,11H,5-8H2/t11-,71?,72?/m0/s1. The minimum atomic E-state index is -0.524. The van der Waals surface area contributed by atoms with Crippen molar-refractivity contribution in [3.05, 3.63) is 56.6 Å². The molecule has 3 heterocycles.